The van der Waals surface area contributed by atoms with Gasteiger partial charge in [-0.05, 0) is 19.4 Å². The third-order valence-electron chi connectivity index (χ3n) is 3.11. The first-order valence-electron chi connectivity index (χ1n) is 5.70. The molecule has 0 radical (unpaired) electrons. The number of nitrogens with zero attached hydrogens (tertiary/aromatic N) is 1. The van der Waals surface area contributed by atoms with Gasteiger partial charge in [-0.3, -0.25) is 4.98 Å². The molecule has 0 aromatic carbocycles. The molecule has 0 bridgehead atoms. The van der Waals surface area contributed by atoms with Crippen LogP contribution in [0.1, 0.15) is 23.7 Å². The summed E-state index contributed by atoms with van der Waals surface area (Å²) in [5.74, 6) is -0.528. The number of aromatic nitrogens is 1. The van der Waals surface area contributed by atoms with Gasteiger partial charge in [0.2, 0.25) is 0 Å². The summed E-state index contributed by atoms with van der Waals surface area (Å²) >= 11 is 0. The maximum absolute atomic E-state index is 11.0. The van der Waals surface area contributed by atoms with Crippen molar-refractivity contribution in [3.05, 3.63) is 24.0 Å². The van der Waals surface area contributed by atoms with Gasteiger partial charge < -0.3 is 15.2 Å². The van der Waals surface area contributed by atoms with Gasteiger partial charge in [0.1, 0.15) is 5.56 Å². The van der Waals surface area contributed by atoms with Gasteiger partial charge in [0.25, 0.3) is 0 Å². The first-order chi connectivity index (χ1) is 8.18. The molecular weight excluding hydrogens is 220 g/mol. The highest BCUT2D eigenvalue weighted by molar-refractivity contribution is 5.93. The number of hydrogen-bond donors (Lipinski definition) is 2. The maximum Gasteiger partial charge on any atom is 0.339 e. The highest BCUT2D eigenvalue weighted by atomic mass is 16.5. The summed E-state index contributed by atoms with van der Waals surface area (Å²) in [6.07, 6.45) is 3.97. The van der Waals surface area contributed by atoms with E-state index in [2.05, 4.69) is 10.3 Å². The van der Waals surface area contributed by atoms with Crippen LogP contribution < -0.4 is 5.32 Å². The lowest BCUT2D eigenvalue weighted by Crippen LogP contribution is -2.27. The normalized spacial score (nSPS) is 21.1. The highest BCUT2D eigenvalue weighted by Crippen LogP contribution is 2.22. The first-order valence-corrected chi connectivity index (χ1v) is 5.70. The largest absolute Gasteiger partial charge is 0.478 e. The lowest BCUT2D eigenvalue weighted by Gasteiger charge is -2.21. The summed E-state index contributed by atoms with van der Waals surface area (Å²) in [6, 6.07) is 1.88. The van der Waals surface area contributed by atoms with Crippen LogP contribution in [0.15, 0.2) is 18.5 Å². The number of aromatic carboxylic acids is 1. The quantitative estimate of drug-likeness (QED) is 0.831. The van der Waals surface area contributed by atoms with Crippen molar-refractivity contribution in [2.75, 3.05) is 18.5 Å². The average Bonchev–Trinajstić information content (AvgIpc) is 2.83. The van der Waals surface area contributed by atoms with Crippen LogP contribution in [0.2, 0.25) is 0 Å². The second-order valence-corrected chi connectivity index (χ2v) is 4.28. The second kappa shape index (κ2) is 5.14. The Morgan fingerprint density at radius 1 is 1.71 bits per heavy atom. The molecular formula is C12H16N2O3. The molecule has 0 spiro atoms. The minimum Gasteiger partial charge on any atom is -0.478 e. The van der Waals surface area contributed by atoms with Crippen LogP contribution in [0.3, 0.4) is 0 Å². The third-order valence-corrected chi connectivity index (χ3v) is 3.11. The molecule has 2 heterocycles. The Morgan fingerprint density at radius 2 is 2.53 bits per heavy atom. The second-order valence-electron chi connectivity index (χ2n) is 4.28. The van der Waals surface area contributed by atoms with Gasteiger partial charge in [-0.1, -0.05) is 0 Å². The van der Waals surface area contributed by atoms with Crippen LogP contribution in [0, 0.1) is 5.92 Å². The molecule has 0 aliphatic carbocycles. The van der Waals surface area contributed by atoms with Crippen molar-refractivity contribution >= 4 is 11.7 Å². The van der Waals surface area contributed by atoms with Crippen molar-refractivity contribution in [3.8, 4) is 0 Å². The Kier molecular flexibility index (Phi) is 3.58. The molecule has 5 heteroatoms. The predicted molar refractivity (Wildman–Crippen MR) is 63.2 cm³/mol. The minimum absolute atomic E-state index is 0.193. The van der Waals surface area contributed by atoms with E-state index >= 15 is 0 Å². The van der Waals surface area contributed by atoms with Crippen LogP contribution >= 0.6 is 0 Å². The van der Waals surface area contributed by atoms with Crippen molar-refractivity contribution in [2.24, 2.45) is 5.92 Å². The number of pyridine rings is 1. The minimum atomic E-state index is -0.963. The van der Waals surface area contributed by atoms with Gasteiger partial charge in [0.05, 0.1) is 12.3 Å². The fourth-order valence-corrected chi connectivity index (χ4v) is 2.00. The summed E-state index contributed by atoms with van der Waals surface area (Å²) in [5.41, 5.74) is 0.824. The molecule has 17 heavy (non-hydrogen) atoms. The van der Waals surface area contributed by atoms with E-state index in [-0.39, 0.29) is 11.6 Å². The van der Waals surface area contributed by atoms with E-state index in [0.29, 0.717) is 11.6 Å². The molecule has 2 rings (SSSR count). The molecule has 2 N–H and O–H groups in total. The Hall–Kier alpha value is -1.62. The molecule has 1 aromatic rings. The maximum atomic E-state index is 11.0. The van der Waals surface area contributed by atoms with Crippen molar-refractivity contribution in [1.29, 1.82) is 0 Å². The zero-order chi connectivity index (χ0) is 12.3. The first kappa shape index (κ1) is 11.9. The number of nitrogens with one attached hydrogen (secondary N) is 1. The molecule has 1 saturated heterocycles. The molecule has 0 saturated carbocycles. The number of anilines is 1. The van der Waals surface area contributed by atoms with Crippen LogP contribution in [0.4, 0.5) is 5.69 Å². The number of carbonyl (C=O) groups is 1. The van der Waals surface area contributed by atoms with Crippen molar-refractivity contribution in [3.63, 3.8) is 0 Å². The molecule has 92 valence electrons. The summed E-state index contributed by atoms with van der Waals surface area (Å²) in [6.45, 7) is 3.58. The van der Waals surface area contributed by atoms with E-state index in [9.17, 15) is 4.79 Å². The van der Waals surface area contributed by atoms with Crippen LogP contribution in [0.5, 0.6) is 0 Å². The summed E-state index contributed by atoms with van der Waals surface area (Å²) in [7, 11) is 0. The Morgan fingerprint density at radius 3 is 3.18 bits per heavy atom. The summed E-state index contributed by atoms with van der Waals surface area (Å²) in [4.78, 5) is 14.8. The Labute approximate surface area is 99.8 Å². The topological polar surface area (TPSA) is 71.5 Å². The molecule has 1 aromatic heterocycles. The molecule has 1 fully saturated rings. The van der Waals surface area contributed by atoms with Gasteiger partial charge in [0, 0.05) is 31.0 Å². The average molecular weight is 236 g/mol. The van der Waals surface area contributed by atoms with E-state index in [1.165, 1.54) is 6.20 Å². The molecule has 5 nitrogen and oxygen atoms in total. The van der Waals surface area contributed by atoms with E-state index in [4.69, 9.17) is 9.84 Å². The summed E-state index contributed by atoms with van der Waals surface area (Å²) in [5, 5.41) is 12.3. The zero-order valence-electron chi connectivity index (χ0n) is 9.72. The van der Waals surface area contributed by atoms with Crippen LogP contribution in [-0.4, -0.2) is 35.3 Å². The van der Waals surface area contributed by atoms with Crippen molar-refractivity contribution in [2.45, 2.75) is 19.4 Å². The highest BCUT2D eigenvalue weighted by Gasteiger charge is 2.23. The number of rotatable bonds is 4. The van der Waals surface area contributed by atoms with E-state index < -0.39 is 5.97 Å². The summed E-state index contributed by atoms with van der Waals surface area (Å²) < 4.78 is 5.32. The van der Waals surface area contributed by atoms with Gasteiger partial charge in [-0.15, -0.1) is 0 Å². The fourth-order valence-electron chi connectivity index (χ4n) is 2.00. The van der Waals surface area contributed by atoms with Gasteiger partial charge in [0.15, 0.2) is 0 Å². The van der Waals surface area contributed by atoms with E-state index in [1.807, 2.05) is 6.92 Å². The Bertz CT molecular complexity index is 402. The molecule has 2 unspecified atom stereocenters. The number of ether oxygens (including phenoxy) is 1. The lowest BCUT2D eigenvalue weighted by atomic mass is 10.0. The molecule has 1 aliphatic heterocycles. The fraction of sp³-hybridized carbons (Fsp3) is 0.500. The van der Waals surface area contributed by atoms with Gasteiger partial charge >= 0.3 is 5.97 Å². The van der Waals surface area contributed by atoms with Gasteiger partial charge in [-0.25, -0.2) is 4.79 Å². The zero-order valence-corrected chi connectivity index (χ0v) is 9.72. The monoisotopic (exact) mass is 236 g/mol. The number of carboxylic acid groups (broad SMARTS) is 1. The Balaban J connectivity index is 2.09. The molecule has 2 atom stereocenters. The number of hydrogen-bond acceptors (Lipinski definition) is 4. The van der Waals surface area contributed by atoms with Crippen molar-refractivity contribution < 1.29 is 14.6 Å². The van der Waals surface area contributed by atoms with E-state index in [1.54, 1.807) is 12.3 Å². The van der Waals surface area contributed by atoms with Crippen LogP contribution in [0.25, 0.3) is 0 Å². The molecule has 1 aliphatic rings. The number of carboxylic acids is 1. The smallest absolute Gasteiger partial charge is 0.339 e. The molecule has 0 amide bonds. The third kappa shape index (κ3) is 2.74. The van der Waals surface area contributed by atoms with Crippen LogP contribution in [-0.2, 0) is 4.74 Å². The SMILES string of the molecule is CC(Nc1ccncc1C(=O)O)C1CCOC1. The lowest BCUT2D eigenvalue weighted by molar-refractivity contribution is 0.0697. The predicted octanol–water partition coefficient (Wildman–Crippen LogP) is 1.62. The standard InChI is InChI=1S/C12H16N2O3/c1-8(9-3-5-17-7-9)14-11-2-4-13-6-10(11)12(15)16/h2,4,6,8-9H,3,5,7H2,1H3,(H,13,14)(H,15,16). The van der Waals surface area contributed by atoms with E-state index in [0.717, 1.165) is 19.6 Å². The van der Waals surface area contributed by atoms with Gasteiger partial charge in [-0.2, -0.15) is 0 Å². The van der Waals surface area contributed by atoms with Crippen molar-refractivity contribution in [1.82, 2.24) is 4.98 Å².